The normalized spacial score (nSPS) is 12.6. The van der Waals surface area contributed by atoms with E-state index in [4.69, 9.17) is 15.9 Å². The number of hydrogen-bond acceptors (Lipinski definition) is 3. The molecular weight excluding hydrogens is 401 g/mol. The summed E-state index contributed by atoms with van der Waals surface area (Å²) in [4.78, 5) is 12.4. The van der Waals surface area contributed by atoms with Crippen LogP contribution in [0.3, 0.4) is 0 Å². The van der Waals surface area contributed by atoms with E-state index in [1.165, 1.54) is 32.2 Å². The summed E-state index contributed by atoms with van der Waals surface area (Å²) in [5.74, 6) is 2.31. The number of methoxy groups -OCH3 is 1. The van der Waals surface area contributed by atoms with Gasteiger partial charge >= 0.3 is 0 Å². The van der Waals surface area contributed by atoms with Crippen molar-refractivity contribution in [3.8, 4) is 23.8 Å². The predicted molar refractivity (Wildman–Crippen MR) is 102 cm³/mol. The zero-order valence-electron chi connectivity index (χ0n) is 14.5. The highest BCUT2D eigenvalue weighted by atomic mass is 79.9. The van der Waals surface area contributed by atoms with Gasteiger partial charge in [0.15, 0.2) is 11.5 Å². The van der Waals surface area contributed by atoms with Gasteiger partial charge in [0.2, 0.25) is 5.67 Å². The summed E-state index contributed by atoms with van der Waals surface area (Å²) < 4.78 is 26.6. The Morgan fingerprint density at radius 2 is 1.96 bits per heavy atom. The standard InChI is InChI=1S/C20H19BrFNO3/c1-4-11-26-17-10-7-15(12-18(17)25-3)20(2,22)19(24)23-13-14-5-8-16(21)9-6-14/h1,5-10,12H,11,13H2,2-3H3,(H,23,24). The molecule has 0 bridgehead atoms. The lowest BCUT2D eigenvalue weighted by atomic mass is 9.96. The lowest BCUT2D eigenvalue weighted by Gasteiger charge is -2.21. The molecule has 0 saturated heterocycles. The topological polar surface area (TPSA) is 47.6 Å². The third-order valence-electron chi connectivity index (χ3n) is 3.81. The van der Waals surface area contributed by atoms with Gasteiger partial charge in [0.1, 0.15) is 6.61 Å². The van der Waals surface area contributed by atoms with Gasteiger partial charge in [-0.1, -0.05) is 40.0 Å². The maximum Gasteiger partial charge on any atom is 0.262 e. The number of carbonyl (C=O) groups is 1. The van der Waals surface area contributed by atoms with E-state index in [0.717, 1.165) is 10.0 Å². The largest absolute Gasteiger partial charge is 0.493 e. The molecule has 6 heteroatoms. The van der Waals surface area contributed by atoms with Gasteiger partial charge in [-0.2, -0.15) is 0 Å². The monoisotopic (exact) mass is 419 g/mol. The summed E-state index contributed by atoms with van der Waals surface area (Å²) in [6.07, 6.45) is 5.16. The van der Waals surface area contributed by atoms with Crippen molar-refractivity contribution in [2.24, 2.45) is 0 Å². The lowest BCUT2D eigenvalue weighted by Crippen LogP contribution is -2.38. The van der Waals surface area contributed by atoms with E-state index in [9.17, 15) is 4.79 Å². The van der Waals surface area contributed by atoms with Gasteiger partial charge < -0.3 is 14.8 Å². The fourth-order valence-electron chi connectivity index (χ4n) is 2.28. The molecule has 2 rings (SSSR count). The number of carbonyl (C=O) groups excluding carboxylic acids is 1. The quantitative estimate of drug-likeness (QED) is 0.690. The highest BCUT2D eigenvalue weighted by Gasteiger charge is 2.35. The molecule has 0 radical (unpaired) electrons. The molecule has 1 unspecified atom stereocenters. The van der Waals surface area contributed by atoms with E-state index < -0.39 is 11.6 Å². The molecule has 0 heterocycles. The number of ether oxygens (including phenoxy) is 2. The van der Waals surface area contributed by atoms with Crippen LogP contribution in [-0.2, 0) is 17.0 Å². The number of rotatable bonds is 7. The Labute approximate surface area is 160 Å². The average molecular weight is 420 g/mol. The molecule has 136 valence electrons. The molecular formula is C20H19BrFNO3. The molecule has 0 aliphatic rings. The average Bonchev–Trinajstić information content (AvgIpc) is 2.65. The highest BCUT2D eigenvalue weighted by Crippen LogP contribution is 2.34. The molecule has 1 atom stereocenters. The Bertz CT molecular complexity index is 813. The number of benzene rings is 2. The van der Waals surface area contributed by atoms with Crippen LogP contribution in [-0.4, -0.2) is 19.6 Å². The Kier molecular flexibility index (Phi) is 6.64. The predicted octanol–water partition coefficient (Wildman–Crippen LogP) is 3.97. The minimum atomic E-state index is -2.23. The first-order valence-electron chi connectivity index (χ1n) is 7.85. The number of halogens is 2. The van der Waals surface area contributed by atoms with Crippen LogP contribution in [0.2, 0.25) is 0 Å². The van der Waals surface area contributed by atoms with Gasteiger partial charge in [-0.15, -0.1) is 6.42 Å². The fourth-order valence-corrected chi connectivity index (χ4v) is 2.54. The van der Waals surface area contributed by atoms with Crippen molar-refractivity contribution in [2.75, 3.05) is 13.7 Å². The summed E-state index contributed by atoms with van der Waals surface area (Å²) in [7, 11) is 1.44. The van der Waals surface area contributed by atoms with E-state index in [0.29, 0.717) is 11.5 Å². The van der Waals surface area contributed by atoms with Crippen molar-refractivity contribution in [1.29, 1.82) is 0 Å². The molecule has 0 aliphatic heterocycles. The van der Waals surface area contributed by atoms with Crippen molar-refractivity contribution in [2.45, 2.75) is 19.1 Å². The Balaban J connectivity index is 2.13. The summed E-state index contributed by atoms with van der Waals surface area (Å²) in [6, 6.07) is 11.9. The summed E-state index contributed by atoms with van der Waals surface area (Å²) in [5, 5.41) is 2.62. The van der Waals surface area contributed by atoms with Crippen LogP contribution in [0.5, 0.6) is 11.5 Å². The second kappa shape index (κ2) is 8.72. The van der Waals surface area contributed by atoms with Crippen LogP contribution in [0.25, 0.3) is 0 Å². The Hall–Kier alpha value is -2.52. The van der Waals surface area contributed by atoms with Crippen molar-refractivity contribution >= 4 is 21.8 Å². The third-order valence-corrected chi connectivity index (χ3v) is 4.34. The van der Waals surface area contributed by atoms with Gasteiger partial charge in [0.25, 0.3) is 5.91 Å². The number of amides is 1. The van der Waals surface area contributed by atoms with Crippen molar-refractivity contribution in [3.63, 3.8) is 0 Å². The van der Waals surface area contributed by atoms with Crippen LogP contribution >= 0.6 is 15.9 Å². The molecule has 0 aromatic heterocycles. The molecule has 0 fully saturated rings. The van der Waals surface area contributed by atoms with Crippen LogP contribution < -0.4 is 14.8 Å². The second-order valence-electron chi connectivity index (χ2n) is 5.67. The number of alkyl halides is 1. The maximum absolute atomic E-state index is 15.1. The zero-order valence-corrected chi connectivity index (χ0v) is 16.1. The molecule has 0 aliphatic carbocycles. The molecule has 1 amide bonds. The lowest BCUT2D eigenvalue weighted by molar-refractivity contribution is -0.132. The fraction of sp³-hybridized carbons (Fsp3) is 0.250. The second-order valence-corrected chi connectivity index (χ2v) is 6.59. The summed E-state index contributed by atoms with van der Waals surface area (Å²) in [5.41, 5.74) is -1.20. The Morgan fingerprint density at radius 1 is 1.27 bits per heavy atom. The molecule has 2 aromatic rings. The molecule has 0 saturated carbocycles. The van der Waals surface area contributed by atoms with Crippen molar-refractivity contribution in [3.05, 3.63) is 58.1 Å². The van der Waals surface area contributed by atoms with Gasteiger partial charge in [-0.25, -0.2) is 4.39 Å². The van der Waals surface area contributed by atoms with E-state index in [1.807, 2.05) is 24.3 Å². The van der Waals surface area contributed by atoms with Crippen LogP contribution in [0.1, 0.15) is 18.1 Å². The zero-order chi connectivity index (χ0) is 19.2. The molecule has 1 N–H and O–H groups in total. The van der Waals surface area contributed by atoms with Gasteiger partial charge in [-0.05, 0) is 36.8 Å². The smallest absolute Gasteiger partial charge is 0.262 e. The SMILES string of the molecule is C#CCOc1ccc(C(C)(F)C(=O)NCc2ccc(Br)cc2)cc1OC. The molecule has 26 heavy (non-hydrogen) atoms. The molecule has 2 aromatic carbocycles. The summed E-state index contributed by atoms with van der Waals surface area (Å²) >= 11 is 3.34. The van der Waals surface area contributed by atoms with E-state index in [-0.39, 0.29) is 18.7 Å². The van der Waals surface area contributed by atoms with Crippen LogP contribution in [0.15, 0.2) is 46.9 Å². The molecule has 4 nitrogen and oxygen atoms in total. The first-order chi connectivity index (χ1) is 12.4. The van der Waals surface area contributed by atoms with Crippen LogP contribution in [0.4, 0.5) is 4.39 Å². The van der Waals surface area contributed by atoms with Gasteiger partial charge in [-0.3, -0.25) is 4.79 Å². The molecule has 0 spiro atoms. The number of terminal acetylenes is 1. The first kappa shape index (κ1) is 19.8. The summed E-state index contributed by atoms with van der Waals surface area (Å²) in [6.45, 7) is 1.50. The highest BCUT2D eigenvalue weighted by molar-refractivity contribution is 9.10. The first-order valence-corrected chi connectivity index (χ1v) is 8.64. The Morgan fingerprint density at radius 3 is 2.58 bits per heavy atom. The number of hydrogen-bond donors (Lipinski definition) is 1. The van der Waals surface area contributed by atoms with Gasteiger partial charge in [0, 0.05) is 16.6 Å². The maximum atomic E-state index is 15.1. The number of nitrogens with one attached hydrogen (secondary N) is 1. The third kappa shape index (κ3) is 4.77. The van der Waals surface area contributed by atoms with E-state index >= 15 is 4.39 Å². The van der Waals surface area contributed by atoms with Crippen molar-refractivity contribution in [1.82, 2.24) is 5.32 Å². The minimum Gasteiger partial charge on any atom is -0.493 e. The van der Waals surface area contributed by atoms with Gasteiger partial charge in [0.05, 0.1) is 7.11 Å². The minimum absolute atomic E-state index is 0.0657. The van der Waals surface area contributed by atoms with E-state index in [2.05, 4.69) is 27.2 Å². The van der Waals surface area contributed by atoms with E-state index in [1.54, 1.807) is 0 Å². The van der Waals surface area contributed by atoms with Crippen molar-refractivity contribution < 1.29 is 18.7 Å². The van der Waals surface area contributed by atoms with Crippen LogP contribution in [0, 0.1) is 12.3 Å².